The predicted octanol–water partition coefficient (Wildman–Crippen LogP) is 6.55. The summed E-state index contributed by atoms with van der Waals surface area (Å²) in [6.45, 7) is 4.15. The SMILES string of the molecule is Cc1cc(OCCCc2c(C(=O)CS(=O)(=O)CCNC(=O)Cc3cn(C)c4ccccc34)[nH]c3cc(Cl)ccc23)cc(C)c1Cl. The normalized spacial score (nSPS) is 11.8. The molecule has 45 heavy (non-hydrogen) atoms. The van der Waals surface area contributed by atoms with E-state index in [1.54, 1.807) is 12.1 Å². The Morgan fingerprint density at radius 3 is 2.49 bits per heavy atom. The van der Waals surface area contributed by atoms with E-state index in [2.05, 4.69) is 10.3 Å². The van der Waals surface area contributed by atoms with Crippen molar-refractivity contribution in [2.75, 3.05) is 24.7 Å². The van der Waals surface area contributed by atoms with E-state index < -0.39 is 21.4 Å². The van der Waals surface area contributed by atoms with Gasteiger partial charge in [-0.05, 0) is 79.3 Å². The molecular formula is C34H35Cl2N3O5S. The molecule has 2 N–H and O–H groups in total. The molecule has 0 saturated carbocycles. The van der Waals surface area contributed by atoms with Crippen molar-refractivity contribution < 1.29 is 22.7 Å². The van der Waals surface area contributed by atoms with Crippen LogP contribution in [0.25, 0.3) is 21.8 Å². The molecule has 11 heteroatoms. The van der Waals surface area contributed by atoms with Crippen LogP contribution in [0.1, 0.15) is 39.2 Å². The van der Waals surface area contributed by atoms with E-state index >= 15 is 0 Å². The first-order valence-corrected chi connectivity index (χ1v) is 17.2. The number of rotatable bonds is 13. The van der Waals surface area contributed by atoms with E-state index in [0.29, 0.717) is 40.8 Å². The lowest BCUT2D eigenvalue weighted by molar-refractivity contribution is -0.120. The molecule has 0 radical (unpaired) electrons. The molecular weight excluding hydrogens is 633 g/mol. The van der Waals surface area contributed by atoms with Gasteiger partial charge >= 0.3 is 0 Å². The Hall–Kier alpha value is -3.79. The molecule has 0 aliphatic rings. The molecule has 5 rings (SSSR count). The number of aryl methyl sites for hydroxylation is 4. The van der Waals surface area contributed by atoms with Gasteiger partial charge in [0.2, 0.25) is 5.91 Å². The lowest BCUT2D eigenvalue weighted by Gasteiger charge is -2.10. The molecule has 5 aromatic rings. The fraction of sp³-hybridized carbons (Fsp3) is 0.294. The van der Waals surface area contributed by atoms with Crippen LogP contribution in [0.4, 0.5) is 0 Å². The Balaban J connectivity index is 1.20. The molecule has 0 unspecified atom stereocenters. The summed E-state index contributed by atoms with van der Waals surface area (Å²) in [7, 11) is -1.90. The minimum Gasteiger partial charge on any atom is -0.494 e. The highest BCUT2D eigenvalue weighted by Gasteiger charge is 2.24. The number of H-pyrrole nitrogens is 1. The molecule has 0 bridgehead atoms. The van der Waals surface area contributed by atoms with Gasteiger partial charge in [0.05, 0.1) is 24.5 Å². The van der Waals surface area contributed by atoms with E-state index in [9.17, 15) is 18.0 Å². The number of hydrogen-bond acceptors (Lipinski definition) is 5. The summed E-state index contributed by atoms with van der Waals surface area (Å²) in [5, 5.41) is 5.68. The number of aromatic nitrogens is 2. The number of para-hydroxylation sites is 1. The third-order valence-corrected chi connectivity index (χ3v) is 10.2. The van der Waals surface area contributed by atoms with Crippen molar-refractivity contribution >= 4 is 66.5 Å². The standard InChI is InChI=1S/C34H35Cl2N3O5S/c1-21-15-25(16-22(2)33(21)36)44-13-6-8-28-27-11-10-24(35)18-29(27)38-34(28)31(40)20-45(42,43)14-12-37-32(41)17-23-19-39(3)30-9-5-4-7-26(23)30/h4-5,7,9-11,15-16,18-19,38H,6,8,12-14,17,20H2,1-3H3,(H,37,41). The predicted molar refractivity (Wildman–Crippen MR) is 181 cm³/mol. The maximum absolute atomic E-state index is 13.4. The second kappa shape index (κ2) is 13.7. The van der Waals surface area contributed by atoms with E-state index in [0.717, 1.165) is 38.5 Å². The number of halogens is 2. The molecule has 0 atom stereocenters. The highest BCUT2D eigenvalue weighted by atomic mass is 35.5. The molecule has 0 aliphatic carbocycles. The van der Waals surface area contributed by atoms with Gasteiger partial charge in [0.15, 0.2) is 15.6 Å². The number of nitrogens with zero attached hydrogens (tertiary/aromatic N) is 1. The van der Waals surface area contributed by atoms with Crippen molar-refractivity contribution in [3.05, 3.63) is 98.8 Å². The number of Topliss-reactive ketones (excluding diaryl/α,β-unsaturated/α-hetero) is 1. The molecule has 3 aromatic carbocycles. The van der Waals surface area contributed by atoms with Gasteiger partial charge in [0, 0.05) is 51.6 Å². The highest BCUT2D eigenvalue weighted by molar-refractivity contribution is 7.92. The lowest BCUT2D eigenvalue weighted by atomic mass is 10.0. The number of nitrogens with one attached hydrogen (secondary N) is 2. The molecule has 1 amide bonds. The van der Waals surface area contributed by atoms with Crippen LogP contribution >= 0.6 is 23.2 Å². The maximum Gasteiger partial charge on any atom is 0.224 e. The average molecular weight is 669 g/mol. The van der Waals surface area contributed by atoms with Crippen molar-refractivity contribution in [2.45, 2.75) is 33.1 Å². The third-order valence-electron chi connectivity index (χ3n) is 7.81. The van der Waals surface area contributed by atoms with E-state index in [1.165, 1.54) is 0 Å². The zero-order valence-corrected chi connectivity index (χ0v) is 27.7. The summed E-state index contributed by atoms with van der Waals surface area (Å²) in [6, 6.07) is 16.8. The van der Waals surface area contributed by atoms with Gasteiger partial charge in [-0.15, -0.1) is 0 Å². The molecule has 2 heterocycles. The Morgan fingerprint density at radius 1 is 1.00 bits per heavy atom. The second-order valence-corrected chi connectivity index (χ2v) is 14.3. The lowest BCUT2D eigenvalue weighted by Crippen LogP contribution is -2.32. The second-order valence-electron chi connectivity index (χ2n) is 11.3. The summed E-state index contributed by atoms with van der Waals surface area (Å²) in [4.78, 5) is 29.1. The number of fused-ring (bicyclic) bond motifs is 2. The van der Waals surface area contributed by atoms with E-state index in [1.807, 2.05) is 74.1 Å². The fourth-order valence-corrected chi connectivity index (χ4v) is 7.03. The number of benzene rings is 3. The Bertz CT molecular complexity index is 1990. The van der Waals surface area contributed by atoms with Crippen LogP contribution in [-0.2, 0) is 34.5 Å². The molecule has 0 saturated heterocycles. The first-order chi connectivity index (χ1) is 21.4. The van der Waals surface area contributed by atoms with Crippen LogP contribution in [0.15, 0.2) is 60.8 Å². The van der Waals surface area contributed by atoms with Crippen LogP contribution in [0.3, 0.4) is 0 Å². The first-order valence-electron chi connectivity index (χ1n) is 14.6. The van der Waals surface area contributed by atoms with Gasteiger partial charge in [-0.2, -0.15) is 0 Å². The van der Waals surface area contributed by atoms with Gasteiger partial charge < -0.3 is 19.6 Å². The van der Waals surface area contributed by atoms with Gasteiger partial charge in [0.1, 0.15) is 11.5 Å². The van der Waals surface area contributed by atoms with Crippen molar-refractivity contribution in [3.8, 4) is 5.75 Å². The summed E-state index contributed by atoms with van der Waals surface area (Å²) >= 11 is 12.5. The first kappa shape index (κ1) is 32.6. The molecule has 0 fully saturated rings. The Kier molecular flexibility index (Phi) is 9.91. The highest BCUT2D eigenvalue weighted by Crippen LogP contribution is 2.29. The van der Waals surface area contributed by atoms with Crippen LogP contribution < -0.4 is 10.1 Å². The number of ether oxygens (including phenoxy) is 1. The maximum atomic E-state index is 13.4. The number of aromatic amines is 1. The van der Waals surface area contributed by atoms with Crippen LogP contribution in [0, 0.1) is 13.8 Å². The number of hydrogen-bond donors (Lipinski definition) is 2. The number of carbonyl (C=O) groups excluding carboxylic acids is 2. The summed E-state index contributed by atoms with van der Waals surface area (Å²) in [6.07, 6.45) is 3.10. The van der Waals surface area contributed by atoms with Crippen LogP contribution in [-0.4, -0.2) is 54.3 Å². The van der Waals surface area contributed by atoms with Gasteiger partial charge in [-0.25, -0.2) is 8.42 Å². The van der Waals surface area contributed by atoms with E-state index in [4.69, 9.17) is 27.9 Å². The quantitative estimate of drug-likeness (QED) is 0.109. The summed E-state index contributed by atoms with van der Waals surface area (Å²) < 4.78 is 33.8. The topological polar surface area (TPSA) is 110 Å². The van der Waals surface area contributed by atoms with Crippen molar-refractivity contribution in [1.29, 1.82) is 0 Å². The molecule has 0 spiro atoms. The molecule has 8 nitrogen and oxygen atoms in total. The zero-order chi connectivity index (χ0) is 32.3. The minimum absolute atomic E-state index is 0.0879. The Morgan fingerprint density at radius 2 is 1.73 bits per heavy atom. The van der Waals surface area contributed by atoms with Crippen molar-refractivity contribution in [2.24, 2.45) is 7.05 Å². The number of carbonyl (C=O) groups is 2. The smallest absolute Gasteiger partial charge is 0.224 e. The minimum atomic E-state index is -3.81. The van der Waals surface area contributed by atoms with Crippen molar-refractivity contribution in [3.63, 3.8) is 0 Å². The van der Waals surface area contributed by atoms with Gasteiger partial charge in [-0.1, -0.05) is 47.5 Å². The monoisotopic (exact) mass is 667 g/mol. The van der Waals surface area contributed by atoms with Crippen LogP contribution in [0.2, 0.25) is 10.0 Å². The average Bonchev–Trinajstić information content (AvgIpc) is 3.50. The molecule has 0 aliphatic heterocycles. The largest absolute Gasteiger partial charge is 0.494 e. The fourth-order valence-electron chi connectivity index (χ4n) is 5.65. The van der Waals surface area contributed by atoms with Crippen molar-refractivity contribution in [1.82, 2.24) is 14.9 Å². The molecule has 2 aromatic heterocycles. The third kappa shape index (κ3) is 7.72. The number of sulfone groups is 1. The van der Waals surface area contributed by atoms with Gasteiger partial charge in [-0.3, -0.25) is 9.59 Å². The zero-order valence-electron chi connectivity index (χ0n) is 25.4. The Labute approximate surface area is 272 Å². The summed E-state index contributed by atoms with van der Waals surface area (Å²) in [5.74, 6) is -1.14. The van der Waals surface area contributed by atoms with Crippen LogP contribution in [0.5, 0.6) is 5.75 Å². The van der Waals surface area contributed by atoms with E-state index in [-0.39, 0.29) is 30.3 Å². The molecule has 236 valence electrons. The number of ketones is 1. The number of amides is 1. The summed E-state index contributed by atoms with van der Waals surface area (Å²) in [5.41, 5.74) is 5.35. The van der Waals surface area contributed by atoms with Gasteiger partial charge in [0.25, 0.3) is 0 Å².